The molecule has 0 aliphatic heterocycles. The number of hydrogen-bond donors (Lipinski definition) is 0. The van der Waals surface area contributed by atoms with E-state index in [0.29, 0.717) is 5.56 Å². The smallest absolute Gasteiger partial charge is 0.270 e. The summed E-state index contributed by atoms with van der Waals surface area (Å²) in [5.74, 6) is -0.562. The van der Waals surface area contributed by atoms with Gasteiger partial charge in [0, 0.05) is 18.6 Å². The molecule has 0 aliphatic rings. The van der Waals surface area contributed by atoms with Crippen LogP contribution in [0.15, 0.2) is 18.2 Å². The topological polar surface area (TPSA) is 101 Å². The summed E-state index contributed by atoms with van der Waals surface area (Å²) < 4.78 is 0. The molecule has 0 radical (unpaired) electrons. The average Bonchev–Trinajstić information content (AvgIpc) is 2.27. The van der Waals surface area contributed by atoms with Crippen LogP contribution in [0, 0.1) is 21.4 Å². The molecule has 0 unspecified atom stereocenters. The number of nitro benzene ring substituents is 1. The van der Waals surface area contributed by atoms with Crippen molar-refractivity contribution in [2.45, 2.75) is 19.8 Å². The van der Waals surface area contributed by atoms with Crippen molar-refractivity contribution < 1.29 is 14.5 Å². The second-order valence-electron chi connectivity index (χ2n) is 3.80. The van der Waals surface area contributed by atoms with Crippen LogP contribution in [0.25, 0.3) is 0 Å². The fourth-order valence-corrected chi connectivity index (χ4v) is 1.49. The Morgan fingerprint density at radius 3 is 2.61 bits per heavy atom. The van der Waals surface area contributed by atoms with Crippen molar-refractivity contribution in [3.8, 4) is 6.07 Å². The highest BCUT2D eigenvalue weighted by Gasteiger charge is 2.14. The predicted octanol–water partition coefficient (Wildman–Crippen LogP) is 1.56. The zero-order chi connectivity index (χ0) is 13.7. The van der Waals surface area contributed by atoms with E-state index in [1.165, 1.54) is 19.1 Å². The number of carbonyl (C=O) groups is 2. The Hall–Kier alpha value is -2.55. The molecule has 0 amide bonds. The van der Waals surface area contributed by atoms with E-state index in [1.54, 1.807) is 0 Å². The highest BCUT2D eigenvalue weighted by atomic mass is 16.6. The van der Waals surface area contributed by atoms with E-state index in [4.69, 9.17) is 5.26 Å². The van der Waals surface area contributed by atoms with Crippen molar-refractivity contribution in [2.75, 3.05) is 0 Å². The third-order valence-electron chi connectivity index (χ3n) is 2.26. The van der Waals surface area contributed by atoms with Crippen molar-refractivity contribution in [3.63, 3.8) is 0 Å². The molecule has 0 aromatic heterocycles. The van der Waals surface area contributed by atoms with Crippen molar-refractivity contribution in [1.29, 1.82) is 5.26 Å². The maximum absolute atomic E-state index is 11.4. The summed E-state index contributed by atoms with van der Waals surface area (Å²) in [6.07, 6.45) is -0.262. The molecule has 0 saturated heterocycles. The van der Waals surface area contributed by atoms with Gasteiger partial charge in [0.1, 0.15) is 11.6 Å². The fourth-order valence-electron chi connectivity index (χ4n) is 1.49. The molecule has 1 rings (SSSR count). The van der Waals surface area contributed by atoms with Crippen LogP contribution in [0.2, 0.25) is 0 Å². The van der Waals surface area contributed by atoms with Gasteiger partial charge in [-0.15, -0.1) is 0 Å². The van der Waals surface area contributed by atoms with Gasteiger partial charge in [0.15, 0.2) is 0 Å². The van der Waals surface area contributed by atoms with Gasteiger partial charge in [0.05, 0.1) is 23.0 Å². The lowest BCUT2D eigenvalue weighted by atomic mass is 10.0. The van der Waals surface area contributed by atoms with Gasteiger partial charge in [-0.05, 0) is 12.5 Å². The second-order valence-corrected chi connectivity index (χ2v) is 3.80. The molecule has 0 saturated carbocycles. The first kappa shape index (κ1) is 13.5. The van der Waals surface area contributed by atoms with E-state index >= 15 is 0 Å². The molecule has 6 heteroatoms. The van der Waals surface area contributed by atoms with E-state index < -0.39 is 4.92 Å². The molecule has 0 atom stereocenters. The van der Waals surface area contributed by atoms with Crippen LogP contribution >= 0.6 is 0 Å². The summed E-state index contributed by atoms with van der Waals surface area (Å²) in [6.45, 7) is 1.30. The van der Waals surface area contributed by atoms with Gasteiger partial charge in [0.2, 0.25) is 0 Å². The summed E-state index contributed by atoms with van der Waals surface area (Å²) in [4.78, 5) is 32.1. The summed E-state index contributed by atoms with van der Waals surface area (Å²) in [6, 6.07) is 5.53. The van der Waals surface area contributed by atoms with Crippen LogP contribution in [0.5, 0.6) is 0 Å². The van der Waals surface area contributed by atoms with E-state index in [2.05, 4.69) is 0 Å². The zero-order valence-corrected chi connectivity index (χ0v) is 9.67. The van der Waals surface area contributed by atoms with Gasteiger partial charge in [-0.3, -0.25) is 19.7 Å². The molecule has 0 N–H and O–H groups in total. The molecule has 18 heavy (non-hydrogen) atoms. The maximum Gasteiger partial charge on any atom is 0.270 e. The van der Waals surface area contributed by atoms with E-state index in [1.807, 2.05) is 6.07 Å². The van der Waals surface area contributed by atoms with E-state index in [0.717, 1.165) is 6.07 Å². The predicted molar refractivity (Wildman–Crippen MR) is 61.8 cm³/mol. The molecule has 0 spiro atoms. The van der Waals surface area contributed by atoms with Crippen LogP contribution in [-0.2, 0) is 16.0 Å². The first-order chi connectivity index (χ1) is 8.43. The number of nitrogens with zero attached hydrogens (tertiary/aromatic N) is 2. The lowest BCUT2D eigenvalue weighted by molar-refractivity contribution is -0.384. The minimum atomic E-state index is -0.609. The number of rotatable bonds is 5. The molecule has 1 aromatic carbocycles. The molecule has 6 nitrogen and oxygen atoms in total. The molecule has 0 fully saturated rings. The largest absolute Gasteiger partial charge is 0.300 e. The van der Waals surface area contributed by atoms with Gasteiger partial charge in [-0.1, -0.05) is 6.07 Å². The molecule has 0 aliphatic carbocycles. The second kappa shape index (κ2) is 5.68. The quantitative estimate of drug-likeness (QED) is 0.445. The van der Waals surface area contributed by atoms with Gasteiger partial charge in [-0.2, -0.15) is 5.26 Å². The van der Waals surface area contributed by atoms with Crippen LogP contribution in [0.4, 0.5) is 5.69 Å². The van der Waals surface area contributed by atoms with Crippen LogP contribution < -0.4 is 0 Å². The highest BCUT2D eigenvalue weighted by molar-refractivity contribution is 5.98. The first-order valence-corrected chi connectivity index (χ1v) is 5.12. The fraction of sp³-hybridized carbons (Fsp3) is 0.250. The monoisotopic (exact) mass is 246 g/mol. The zero-order valence-electron chi connectivity index (χ0n) is 9.67. The third kappa shape index (κ3) is 3.49. The average molecular weight is 246 g/mol. The summed E-state index contributed by atoms with van der Waals surface area (Å²) in [5.41, 5.74) is 0.282. The molecule has 0 bridgehead atoms. The third-order valence-corrected chi connectivity index (χ3v) is 2.26. The van der Waals surface area contributed by atoms with Crippen molar-refractivity contribution in [1.82, 2.24) is 0 Å². The first-order valence-electron chi connectivity index (χ1n) is 5.12. The number of nitro groups is 1. The lowest BCUT2D eigenvalue weighted by Gasteiger charge is -2.02. The normalized spacial score (nSPS) is 9.56. The highest BCUT2D eigenvalue weighted by Crippen LogP contribution is 2.18. The molecule has 0 heterocycles. The maximum atomic E-state index is 11.4. The lowest BCUT2D eigenvalue weighted by Crippen LogP contribution is -2.08. The van der Waals surface area contributed by atoms with Crippen LogP contribution in [-0.4, -0.2) is 16.5 Å². The standard InChI is InChI=1S/C12H10N2O4/c1-8(15)4-12(16)6-9-2-3-11(14(17)18)5-10(9)7-13/h2-3,5H,4,6H2,1H3. The number of non-ortho nitro benzene ring substituents is 1. The van der Waals surface area contributed by atoms with Crippen LogP contribution in [0.1, 0.15) is 24.5 Å². The van der Waals surface area contributed by atoms with Crippen molar-refractivity contribution in [3.05, 3.63) is 39.4 Å². The van der Waals surface area contributed by atoms with Gasteiger partial charge >= 0.3 is 0 Å². The number of carbonyl (C=O) groups excluding carboxylic acids is 2. The molecule has 1 aromatic rings. The molecular weight excluding hydrogens is 236 g/mol. The molecular formula is C12H10N2O4. The number of nitriles is 1. The number of ketones is 2. The van der Waals surface area contributed by atoms with Gasteiger partial charge in [-0.25, -0.2) is 0 Å². The summed E-state index contributed by atoms with van der Waals surface area (Å²) in [5, 5.41) is 19.4. The Labute approximate surface area is 103 Å². The van der Waals surface area contributed by atoms with E-state index in [-0.39, 0.29) is 35.7 Å². The Morgan fingerprint density at radius 1 is 1.44 bits per heavy atom. The van der Waals surface area contributed by atoms with Crippen molar-refractivity contribution in [2.24, 2.45) is 0 Å². The van der Waals surface area contributed by atoms with Gasteiger partial charge in [0.25, 0.3) is 5.69 Å². The SMILES string of the molecule is CC(=O)CC(=O)Cc1ccc([N+](=O)[O-])cc1C#N. The molecule has 92 valence electrons. The Bertz CT molecular complexity index is 558. The van der Waals surface area contributed by atoms with E-state index in [9.17, 15) is 19.7 Å². The minimum absolute atomic E-state index is 0.0690. The number of hydrogen-bond acceptors (Lipinski definition) is 5. The minimum Gasteiger partial charge on any atom is -0.300 e. The number of Topliss-reactive ketones (excluding diaryl/α,β-unsaturated/α-hetero) is 2. The summed E-state index contributed by atoms with van der Waals surface area (Å²) in [7, 11) is 0. The Balaban J connectivity index is 2.97. The van der Waals surface area contributed by atoms with Crippen LogP contribution in [0.3, 0.4) is 0 Å². The van der Waals surface area contributed by atoms with Crippen molar-refractivity contribution >= 4 is 17.3 Å². The summed E-state index contributed by atoms with van der Waals surface area (Å²) >= 11 is 0. The Morgan fingerprint density at radius 2 is 2.11 bits per heavy atom. The Kier molecular flexibility index (Phi) is 4.27. The van der Waals surface area contributed by atoms with Gasteiger partial charge < -0.3 is 0 Å². The number of benzene rings is 1.